The van der Waals surface area contributed by atoms with E-state index in [2.05, 4.69) is 43.1 Å². The zero-order valence-corrected chi connectivity index (χ0v) is 13.1. The Hall–Kier alpha value is -0.650. The maximum atomic E-state index is 12.0. The molecular weight excluding hydrogens is 240 g/mol. The van der Waals surface area contributed by atoms with E-state index in [-0.39, 0.29) is 5.91 Å². The normalized spacial score (nSPS) is 20.6. The third kappa shape index (κ3) is 3.91. The number of nitrogens with one attached hydrogen (secondary N) is 1. The monoisotopic (exact) mass is 270 g/mol. The fraction of sp³-hybridized carbons (Fsp3) is 0.929. The van der Waals surface area contributed by atoms with Gasteiger partial charge in [-0.05, 0) is 53.4 Å². The number of likely N-dealkylation sites (N-methyl/N-ethyl adjacent to an activating group) is 3. The second-order valence-corrected chi connectivity index (χ2v) is 6.03. The van der Waals surface area contributed by atoms with Gasteiger partial charge in [0.05, 0.1) is 0 Å². The van der Waals surface area contributed by atoms with Gasteiger partial charge in [0.15, 0.2) is 0 Å². The Balaban J connectivity index is 2.78. The van der Waals surface area contributed by atoms with Crippen molar-refractivity contribution in [2.24, 2.45) is 11.7 Å². The SMILES string of the molecule is CCN(CC(NC)(C(N)=O)C1CC1)C(C)CN(C)C. The molecule has 0 spiro atoms. The molecule has 1 amide bonds. The zero-order chi connectivity index (χ0) is 14.6. The molecule has 0 bridgehead atoms. The number of rotatable bonds is 9. The molecule has 0 aromatic rings. The van der Waals surface area contributed by atoms with E-state index < -0.39 is 5.54 Å². The van der Waals surface area contributed by atoms with E-state index in [1.165, 1.54) is 0 Å². The Labute approximate surface area is 117 Å². The minimum absolute atomic E-state index is 0.215. The van der Waals surface area contributed by atoms with Crippen LogP contribution in [0.2, 0.25) is 0 Å². The Morgan fingerprint density at radius 3 is 2.37 bits per heavy atom. The molecule has 0 aromatic heterocycles. The number of carbonyl (C=O) groups is 1. The molecule has 1 aliphatic rings. The minimum Gasteiger partial charge on any atom is -0.368 e. The highest BCUT2D eigenvalue weighted by Crippen LogP contribution is 2.40. The fourth-order valence-corrected chi connectivity index (χ4v) is 2.93. The number of nitrogens with zero attached hydrogens (tertiary/aromatic N) is 2. The average Bonchev–Trinajstić information content (AvgIpc) is 3.14. The predicted molar refractivity (Wildman–Crippen MR) is 79.0 cm³/mol. The summed E-state index contributed by atoms with van der Waals surface area (Å²) in [5.41, 5.74) is 5.13. The van der Waals surface area contributed by atoms with Crippen LogP contribution in [0.5, 0.6) is 0 Å². The Morgan fingerprint density at radius 1 is 1.47 bits per heavy atom. The lowest BCUT2D eigenvalue weighted by atomic mass is 9.91. The van der Waals surface area contributed by atoms with E-state index in [0.29, 0.717) is 18.5 Å². The van der Waals surface area contributed by atoms with Crippen LogP contribution in [-0.4, -0.2) is 68.1 Å². The van der Waals surface area contributed by atoms with Crippen molar-refractivity contribution in [3.63, 3.8) is 0 Å². The van der Waals surface area contributed by atoms with Gasteiger partial charge in [0, 0.05) is 19.1 Å². The van der Waals surface area contributed by atoms with Gasteiger partial charge in [0.1, 0.15) is 5.54 Å². The van der Waals surface area contributed by atoms with E-state index in [9.17, 15) is 4.79 Å². The van der Waals surface area contributed by atoms with Gasteiger partial charge in [-0.15, -0.1) is 0 Å². The van der Waals surface area contributed by atoms with Crippen LogP contribution in [0.25, 0.3) is 0 Å². The van der Waals surface area contributed by atoms with E-state index in [1.807, 2.05) is 7.05 Å². The van der Waals surface area contributed by atoms with Crippen molar-refractivity contribution >= 4 is 5.91 Å². The van der Waals surface area contributed by atoms with Gasteiger partial charge in [0.2, 0.25) is 5.91 Å². The van der Waals surface area contributed by atoms with Gasteiger partial charge in [-0.25, -0.2) is 0 Å². The maximum Gasteiger partial charge on any atom is 0.239 e. The van der Waals surface area contributed by atoms with E-state index in [4.69, 9.17) is 5.73 Å². The molecule has 0 radical (unpaired) electrons. The first-order valence-corrected chi connectivity index (χ1v) is 7.25. The summed E-state index contributed by atoms with van der Waals surface area (Å²) in [6.45, 7) is 6.96. The molecule has 1 fully saturated rings. The standard InChI is InChI=1S/C14H30N4O/c1-6-18(11(2)9-17(4)5)10-14(16-3,13(15)19)12-7-8-12/h11-12,16H,6-10H2,1-5H3,(H2,15,19). The van der Waals surface area contributed by atoms with Crippen molar-refractivity contribution in [1.29, 1.82) is 0 Å². The number of amides is 1. The summed E-state index contributed by atoms with van der Waals surface area (Å²) in [6.07, 6.45) is 2.20. The second-order valence-electron chi connectivity index (χ2n) is 6.03. The highest BCUT2D eigenvalue weighted by atomic mass is 16.1. The largest absolute Gasteiger partial charge is 0.368 e. The summed E-state index contributed by atoms with van der Waals surface area (Å²) in [5.74, 6) is 0.184. The molecule has 0 saturated heterocycles. The van der Waals surface area contributed by atoms with Crippen LogP contribution >= 0.6 is 0 Å². The van der Waals surface area contributed by atoms with Crippen LogP contribution in [0, 0.1) is 5.92 Å². The van der Waals surface area contributed by atoms with Crippen LogP contribution < -0.4 is 11.1 Å². The molecule has 19 heavy (non-hydrogen) atoms. The first kappa shape index (κ1) is 16.4. The number of nitrogens with two attached hydrogens (primary N) is 1. The molecule has 3 N–H and O–H groups in total. The molecule has 112 valence electrons. The van der Waals surface area contributed by atoms with Crippen LogP contribution in [0.4, 0.5) is 0 Å². The molecule has 1 rings (SSSR count). The van der Waals surface area contributed by atoms with Crippen molar-refractivity contribution in [2.45, 2.75) is 38.3 Å². The molecule has 1 saturated carbocycles. The Bertz CT molecular complexity index is 304. The number of hydrogen-bond acceptors (Lipinski definition) is 4. The first-order valence-electron chi connectivity index (χ1n) is 7.25. The summed E-state index contributed by atoms with van der Waals surface area (Å²) in [5, 5.41) is 3.22. The molecule has 2 unspecified atom stereocenters. The number of primary amides is 1. The van der Waals surface area contributed by atoms with E-state index in [1.54, 1.807) is 0 Å². The molecule has 0 aliphatic heterocycles. The molecular formula is C14H30N4O. The summed E-state index contributed by atoms with van der Waals surface area (Å²) >= 11 is 0. The van der Waals surface area contributed by atoms with Crippen LogP contribution in [0.3, 0.4) is 0 Å². The molecule has 5 heteroatoms. The third-order valence-electron chi connectivity index (χ3n) is 4.27. The Kier molecular flexibility index (Phi) is 5.77. The number of hydrogen-bond donors (Lipinski definition) is 2. The summed E-state index contributed by atoms with van der Waals surface area (Å²) < 4.78 is 0. The average molecular weight is 270 g/mol. The summed E-state index contributed by atoms with van der Waals surface area (Å²) in [6, 6.07) is 0.408. The maximum absolute atomic E-state index is 12.0. The topological polar surface area (TPSA) is 61.6 Å². The lowest BCUT2D eigenvalue weighted by molar-refractivity contribution is -0.126. The smallest absolute Gasteiger partial charge is 0.239 e. The van der Waals surface area contributed by atoms with Crippen molar-refractivity contribution in [1.82, 2.24) is 15.1 Å². The predicted octanol–water partition coefficient (Wildman–Crippen LogP) is 0.112. The van der Waals surface area contributed by atoms with Crippen molar-refractivity contribution in [2.75, 3.05) is 40.8 Å². The van der Waals surface area contributed by atoms with Crippen molar-refractivity contribution < 1.29 is 4.79 Å². The quantitative estimate of drug-likeness (QED) is 0.624. The summed E-state index contributed by atoms with van der Waals surface area (Å²) in [4.78, 5) is 16.5. The number of carbonyl (C=O) groups excluding carboxylic acids is 1. The third-order valence-corrected chi connectivity index (χ3v) is 4.27. The Morgan fingerprint density at radius 2 is 2.05 bits per heavy atom. The van der Waals surface area contributed by atoms with Gasteiger partial charge < -0.3 is 16.0 Å². The highest BCUT2D eigenvalue weighted by Gasteiger charge is 2.49. The molecule has 2 atom stereocenters. The minimum atomic E-state index is -0.559. The van der Waals surface area contributed by atoms with E-state index >= 15 is 0 Å². The lowest BCUT2D eigenvalue weighted by Crippen LogP contribution is -2.63. The lowest BCUT2D eigenvalue weighted by Gasteiger charge is -2.39. The second kappa shape index (κ2) is 6.68. The van der Waals surface area contributed by atoms with Crippen LogP contribution in [-0.2, 0) is 4.79 Å². The fourth-order valence-electron chi connectivity index (χ4n) is 2.93. The molecule has 0 aromatic carbocycles. The molecule has 1 aliphatic carbocycles. The first-order chi connectivity index (χ1) is 8.87. The molecule has 5 nitrogen and oxygen atoms in total. The van der Waals surface area contributed by atoms with Gasteiger partial charge in [-0.2, -0.15) is 0 Å². The van der Waals surface area contributed by atoms with Gasteiger partial charge in [0.25, 0.3) is 0 Å². The zero-order valence-electron chi connectivity index (χ0n) is 13.1. The van der Waals surface area contributed by atoms with Gasteiger partial charge >= 0.3 is 0 Å². The van der Waals surface area contributed by atoms with Crippen molar-refractivity contribution in [3.05, 3.63) is 0 Å². The van der Waals surface area contributed by atoms with Crippen LogP contribution in [0.15, 0.2) is 0 Å². The summed E-state index contributed by atoms with van der Waals surface area (Å²) in [7, 11) is 6.00. The molecule has 0 heterocycles. The highest BCUT2D eigenvalue weighted by molar-refractivity contribution is 5.86. The van der Waals surface area contributed by atoms with E-state index in [0.717, 1.165) is 25.9 Å². The van der Waals surface area contributed by atoms with Gasteiger partial charge in [-0.3, -0.25) is 9.69 Å². The van der Waals surface area contributed by atoms with Gasteiger partial charge in [-0.1, -0.05) is 6.92 Å². The van der Waals surface area contributed by atoms with Crippen molar-refractivity contribution in [3.8, 4) is 0 Å². The van der Waals surface area contributed by atoms with Crippen LogP contribution in [0.1, 0.15) is 26.7 Å².